The Morgan fingerprint density at radius 3 is 2.04 bits per heavy atom. The van der Waals surface area contributed by atoms with Crippen molar-refractivity contribution in [2.24, 2.45) is 0 Å². The molecule has 11 heteroatoms. The molecule has 0 aliphatic heterocycles. The molecule has 0 amide bonds. The van der Waals surface area contributed by atoms with Crippen LogP contribution in [0.1, 0.15) is 13.8 Å². The SMILES string of the molecule is CC1(F)C(F)(OB(O)O)C2=CC=CC(F)C2(F)C(F)(F)C1(C)F. The summed E-state index contributed by atoms with van der Waals surface area (Å²) in [5.74, 6) is -9.74. The molecule has 0 saturated heterocycles. The minimum absolute atomic E-state index is 0.00469. The Morgan fingerprint density at radius 2 is 1.57 bits per heavy atom. The first-order valence-corrected chi connectivity index (χ1v) is 6.39. The molecule has 2 aliphatic rings. The Kier molecular flexibility index (Phi) is 3.76. The van der Waals surface area contributed by atoms with Gasteiger partial charge in [0.2, 0.25) is 17.0 Å². The maximum absolute atomic E-state index is 15.0. The molecule has 0 aromatic heterocycles. The van der Waals surface area contributed by atoms with E-state index in [1.165, 1.54) is 0 Å². The Labute approximate surface area is 126 Å². The Balaban J connectivity index is 2.84. The summed E-state index contributed by atoms with van der Waals surface area (Å²) in [4.78, 5) is 0. The smallest absolute Gasteiger partial charge is 0.402 e. The topological polar surface area (TPSA) is 49.7 Å². The van der Waals surface area contributed by atoms with Crippen LogP contribution in [0.4, 0.5) is 30.7 Å². The molecular weight excluding hydrogens is 336 g/mol. The van der Waals surface area contributed by atoms with Crippen LogP contribution >= 0.6 is 0 Å². The normalized spacial score (nSPS) is 48.7. The minimum Gasteiger partial charge on any atom is -0.402 e. The second-order valence-electron chi connectivity index (χ2n) is 5.70. The lowest BCUT2D eigenvalue weighted by Gasteiger charge is -2.58. The average molecular weight is 348 g/mol. The van der Waals surface area contributed by atoms with Crippen molar-refractivity contribution in [1.82, 2.24) is 0 Å². The molecule has 2 rings (SSSR count). The summed E-state index contributed by atoms with van der Waals surface area (Å²) in [7, 11) is -3.10. The van der Waals surface area contributed by atoms with Crippen molar-refractivity contribution in [1.29, 1.82) is 0 Å². The largest absolute Gasteiger partial charge is 0.636 e. The minimum atomic E-state index is -5.33. The highest BCUT2D eigenvalue weighted by Crippen LogP contribution is 2.66. The second kappa shape index (κ2) is 4.73. The highest BCUT2D eigenvalue weighted by molar-refractivity contribution is 6.32. The fourth-order valence-corrected chi connectivity index (χ4v) is 2.85. The second-order valence-corrected chi connectivity index (χ2v) is 5.70. The number of rotatable bonds is 2. The molecule has 0 spiro atoms. The molecule has 0 bridgehead atoms. The third-order valence-electron chi connectivity index (χ3n) is 4.46. The molecule has 3 nitrogen and oxygen atoms in total. The molecule has 0 aromatic carbocycles. The van der Waals surface area contributed by atoms with E-state index in [1.807, 2.05) is 0 Å². The molecule has 2 aliphatic carbocycles. The van der Waals surface area contributed by atoms with Crippen molar-refractivity contribution in [3.8, 4) is 0 Å². The van der Waals surface area contributed by atoms with Crippen molar-refractivity contribution < 1.29 is 45.4 Å². The van der Waals surface area contributed by atoms with Gasteiger partial charge in [0.1, 0.15) is 0 Å². The van der Waals surface area contributed by atoms with Crippen LogP contribution in [0.15, 0.2) is 23.8 Å². The summed E-state index contributed by atoms with van der Waals surface area (Å²) < 4.78 is 105. The van der Waals surface area contributed by atoms with Gasteiger partial charge in [-0.05, 0) is 19.9 Å². The lowest BCUT2D eigenvalue weighted by molar-refractivity contribution is -0.336. The standard InChI is InChI=1S/C12H12BF7O3/c1-8(15)9(2,16)12(19,20)10(17)6(4-3-5-7(10)14)11(8,18)23-13(21)22/h3-5,7,21-22H,1-2H3. The number of allylic oxidation sites excluding steroid dienone is 3. The van der Waals surface area contributed by atoms with E-state index >= 15 is 0 Å². The molecule has 0 aromatic rings. The predicted molar refractivity (Wildman–Crippen MR) is 65.0 cm³/mol. The average Bonchev–Trinajstić information content (AvgIpc) is 2.38. The molecule has 0 radical (unpaired) electrons. The van der Waals surface area contributed by atoms with Crippen LogP contribution < -0.4 is 0 Å². The van der Waals surface area contributed by atoms with Gasteiger partial charge >= 0.3 is 13.2 Å². The van der Waals surface area contributed by atoms with E-state index < -0.39 is 47.8 Å². The highest BCUT2D eigenvalue weighted by atomic mass is 19.3. The van der Waals surface area contributed by atoms with Crippen molar-refractivity contribution in [3.05, 3.63) is 23.8 Å². The Bertz CT molecular complexity index is 577. The first-order chi connectivity index (χ1) is 10.2. The lowest BCUT2D eigenvalue weighted by Crippen LogP contribution is -2.80. The summed E-state index contributed by atoms with van der Waals surface area (Å²) in [6.45, 7) is -0.160. The summed E-state index contributed by atoms with van der Waals surface area (Å²) in [5.41, 5.74) is -15.4. The molecule has 23 heavy (non-hydrogen) atoms. The van der Waals surface area contributed by atoms with Crippen LogP contribution in [0, 0.1) is 0 Å². The van der Waals surface area contributed by atoms with Gasteiger partial charge < -0.3 is 14.7 Å². The van der Waals surface area contributed by atoms with E-state index in [-0.39, 0.29) is 26.0 Å². The summed E-state index contributed by atoms with van der Waals surface area (Å²) in [6.07, 6.45) is -2.10. The number of hydrogen-bond donors (Lipinski definition) is 2. The number of fused-ring (bicyclic) bond motifs is 1. The fourth-order valence-electron chi connectivity index (χ4n) is 2.85. The van der Waals surface area contributed by atoms with Gasteiger partial charge in [-0.1, -0.05) is 12.2 Å². The van der Waals surface area contributed by atoms with Gasteiger partial charge in [0.15, 0.2) is 6.17 Å². The van der Waals surface area contributed by atoms with Crippen LogP contribution in [0.2, 0.25) is 0 Å². The summed E-state index contributed by atoms with van der Waals surface area (Å²) in [6, 6.07) is 0. The molecule has 1 fully saturated rings. The monoisotopic (exact) mass is 348 g/mol. The quantitative estimate of drug-likeness (QED) is 0.595. The summed E-state index contributed by atoms with van der Waals surface area (Å²) in [5, 5.41) is 17.4. The zero-order valence-electron chi connectivity index (χ0n) is 11.8. The van der Waals surface area contributed by atoms with Gasteiger partial charge in [-0.3, -0.25) is 0 Å². The van der Waals surface area contributed by atoms with Crippen molar-refractivity contribution in [3.63, 3.8) is 0 Å². The first kappa shape index (κ1) is 18.3. The molecule has 5 atom stereocenters. The Hall–Kier alpha value is -1.07. The predicted octanol–water partition coefficient (Wildman–Crippen LogP) is 2.29. The molecule has 130 valence electrons. The highest BCUT2D eigenvalue weighted by Gasteiger charge is 2.88. The van der Waals surface area contributed by atoms with E-state index in [2.05, 4.69) is 4.65 Å². The third-order valence-corrected chi connectivity index (χ3v) is 4.46. The molecule has 1 saturated carbocycles. The van der Waals surface area contributed by atoms with Crippen molar-refractivity contribution in [2.45, 2.75) is 48.8 Å². The van der Waals surface area contributed by atoms with Gasteiger partial charge in [-0.2, -0.15) is 8.78 Å². The van der Waals surface area contributed by atoms with E-state index in [1.54, 1.807) is 0 Å². The zero-order chi connectivity index (χ0) is 18.1. The molecule has 2 N–H and O–H groups in total. The van der Waals surface area contributed by atoms with Gasteiger partial charge in [0.05, 0.1) is 0 Å². The maximum atomic E-state index is 15.0. The van der Waals surface area contributed by atoms with E-state index in [0.717, 1.165) is 0 Å². The van der Waals surface area contributed by atoms with Crippen molar-refractivity contribution in [2.75, 3.05) is 0 Å². The van der Waals surface area contributed by atoms with Crippen LogP contribution in [0.5, 0.6) is 0 Å². The summed E-state index contributed by atoms with van der Waals surface area (Å²) >= 11 is 0. The van der Waals surface area contributed by atoms with Gasteiger partial charge in [0.25, 0.3) is 5.85 Å². The number of hydrogen-bond acceptors (Lipinski definition) is 3. The van der Waals surface area contributed by atoms with E-state index in [0.29, 0.717) is 6.08 Å². The van der Waals surface area contributed by atoms with Crippen LogP contribution in [-0.4, -0.2) is 52.3 Å². The first-order valence-electron chi connectivity index (χ1n) is 6.39. The van der Waals surface area contributed by atoms with Crippen LogP contribution in [-0.2, 0) is 4.65 Å². The zero-order valence-corrected chi connectivity index (χ0v) is 11.8. The van der Waals surface area contributed by atoms with E-state index in [4.69, 9.17) is 10.0 Å². The number of halogens is 7. The van der Waals surface area contributed by atoms with Gasteiger partial charge in [-0.25, -0.2) is 22.0 Å². The van der Waals surface area contributed by atoms with Crippen molar-refractivity contribution >= 4 is 7.32 Å². The molecule has 0 heterocycles. The molecule has 5 unspecified atom stereocenters. The van der Waals surface area contributed by atoms with Crippen LogP contribution in [0.3, 0.4) is 0 Å². The third kappa shape index (κ3) is 1.84. The van der Waals surface area contributed by atoms with Gasteiger partial charge in [-0.15, -0.1) is 0 Å². The van der Waals surface area contributed by atoms with Gasteiger partial charge in [0, 0.05) is 5.57 Å². The Morgan fingerprint density at radius 1 is 1.04 bits per heavy atom. The number of alkyl halides is 7. The lowest BCUT2D eigenvalue weighted by atomic mass is 9.59. The van der Waals surface area contributed by atoms with E-state index in [9.17, 15) is 30.7 Å². The molecular formula is C12H12BF7O3. The fraction of sp³-hybridized carbons (Fsp3) is 0.667. The van der Waals surface area contributed by atoms with Crippen LogP contribution in [0.25, 0.3) is 0 Å². The maximum Gasteiger partial charge on any atom is 0.636 e.